The standard InChI is InChI=1S/C14H19Cl2N3O/c1-2-17-14(20)19-7-5-18(6-8-19)10-11-3-4-12(15)13(16)9-11/h3-4,9H,2,5-8,10H2,1H3,(H,17,20). The quantitative estimate of drug-likeness (QED) is 0.931. The van der Waals surface area contributed by atoms with Gasteiger partial charge in [-0.25, -0.2) is 4.79 Å². The largest absolute Gasteiger partial charge is 0.338 e. The molecule has 1 N–H and O–H groups in total. The van der Waals surface area contributed by atoms with Crippen molar-refractivity contribution >= 4 is 29.2 Å². The molecule has 0 spiro atoms. The Bertz CT molecular complexity index is 473. The zero-order chi connectivity index (χ0) is 14.5. The van der Waals surface area contributed by atoms with Crippen molar-refractivity contribution in [2.24, 2.45) is 0 Å². The molecule has 0 aromatic heterocycles. The van der Waals surface area contributed by atoms with E-state index in [-0.39, 0.29) is 6.03 Å². The predicted octanol–water partition coefficient (Wildman–Crippen LogP) is 2.84. The topological polar surface area (TPSA) is 35.6 Å². The Morgan fingerprint density at radius 1 is 1.20 bits per heavy atom. The minimum Gasteiger partial charge on any atom is -0.338 e. The van der Waals surface area contributed by atoms with Crippen LogP contribution >= 0.6 is 23.2 Å². The first-order valence-electron chi connectivity index (χ1n) is 6.79. The van der Waals surface area contributed by atoms with E-state index >= 15 is 0 Å². The highest BCUT2D eigenvalue weighted by molar-refractivity contribution is 6.42. The van der Waals surface area contributed by atoms with Crippen LogP contribution in [0, 0.1) is 0 Å². The van der Waals surface area contributed by atoms with E-state index in [9.17, 15) is 4.79 Å². The number of nitrogens with zero attached hydrogens (tertiary/aromatic N) is 2. The van der Waals surface area contributed by atoms with Gasteiger partial charge < -0.3 is 10.2 Å². The predicted molar refractivity (Wildman–Crippen MR) is 82.4 cm³/mol. The summed E-state index contributed by atoms with van der Waals surface area (Å²) in [4.78, 5) is 15.9. The van der Waals surface area contributed by atoms with Crippen LogP contribution in [0.1, 0.15) is 12.5 Å². The summed E-state index contributed by atoms with van der Waals surface area (Å²) in [7, 11) is 0. The highest BCUT2D eigenvalue weighted by Gasteiger charge is 2.20. The Morgan fingerprint density at radius 2 is 1.90 bits per heavy atom. The SMILES string of the molecule is CCNC(=O)N1CCN(Cc2ccc(Cl)c(Cl)c2)CC1. The van der Waals surface area contributed by atoms with E-state index in [1.165, 1.54) is 0 Å². The van der Waals surface area contributed by atoms with Gasteiger partial charge in [0.1, 0.15) is 0 Å². The van der Waals surface area contributed by atoms with Gasteiger partial charge in [0.05, 0.1) is 10.0 Å². The summed E-state index contributed by atoms with van der Waals surface area (Å²) in [5, 5.41) is 4.00. The molecule has 0 aliphatic carbocycles. The van der Waals surface area contributed by atoms with Crippen LogP contribution in [0.4, 0.5) is 4.79 Å². The van der Waals surface area contributed by atoms with E-state index in [0.29, 0.717) is 16.6 Å². The molecule has 2 rings (SSSR count). The number of carbonyl (C=O) groups excluding carboxylic acids is 1. The van der Waals surface area contributed by atoms with Crippen molar-refractivity contribution < 1.29 is 4.79 Å². The van der Waals surface area contributed by atoms with Gasteiger partial charge in [-0.3, -0.25) is 4.90 Å². The first-order valence-corrected chi connectivity index (χ1v) is 7.55. The number of hydrogen-bond donors (Lipinski definition) is 1. The molecule has 110 valence electrons. The molecule has 0 saturated carbocycles. The molecule has 4 nitrogen and oxygen atoms in total. The number of halogens is 2. The van der Waals surface area contributed by atoms with Crippen molar-refractivity contribution in [3.63, 3.8) is 0 Å². The molecule has 0 unspecified atom stereocenters. The molecule has 6 heteroatoms. The van der Waals surface area contributed by atoms with Gasteiger partial charge in [0.2, 0.25) is 0 Å². The second kappa shape index (κ2) is 7.16. The molecule has 0 radical (unpaired) electrons. The van der Waals surface area contributed by atoms with Crippen LogP contribution in [-0.2, 0) is 6.54 Å². The minimum absolute atomic E-state index is 0.0293. The molecule has 0 atom stereocenters. The molecule has 1 aliphatic rings. The fourth-order valence-electron chi connectivity index (χ4n) is 2.27. The van der Waals surface area contributed by atoms with Crippen molar-refractivity contribution in [1.29, 1.82) is 0 Å². The van der Waals surface area contributed by atoms with E-state index < -0.39 is 0 Å². The molecule has 2 amide bonds. The number of benzene rings is 1. The maximum Gasteiger partial charge on any atom is 0.317 e. The first kappa shape index (κ1) is 15.4. The van der Waals surface area contributed by atoms with E-state index in [2.05, 4.69) is 10.2 Å². The third-order valence-electron chi connectivity index (χ3n) is 3.38. The van der Waals surface area contributed by atoms with Crippen molar-refractivity contribution in [1.82, 2.24) is 15.1 Å². The summed E-state index contributed by atoms with van der Waals surface area (Å²) < 4.78 is 0. The Balaban J connectivity index is 1.85. The summed E-state index contributed by atoms with van der Waals surface area (Å²) in [6.45, 7) is 6.69. The summed E-state index contributed by atoms with van der Waals surface area (Å²) in [5.41, 5.74) is 1.14. The number of carbonyl (C=O) groups is 1. The second-order valence-corrected chi connectivity index (χ2v) is 5.66. The average Bonchev–Trinajstić information content (AvgIpc) is 2.44. The third kappa shape index (κ3) is 4.01. The molecule has 1 saturated heterocycles. The maximum absolute atomic E-state index is 11.7. The molecule has 1 fully saturated rings. The van der Waals surface area contributed by atoms with Crippen molar-refractivity contribution in [3.8, 4) is 0 Å². The van der Waals surface area contributed by atoms with Crippen LogP contribution < -0.4 is 5.32 Å². The monoisotopic (exact) mass is 315 g/mol. The van der Waals surface area contributed by atoms with Gasteiger partial charge in [-0.2, -0.15) is 0 Å². The van der Waals surface area contributed by atoms with Gasteiger partial charge in [0, 0.05) is 39.3 Å². The first-order chi connectivity index (χ1) is 9.60. The van der Waals surface area contributed by atoms with Crippen molar-refractivity contribution in [2.45, 2.75) is 13.5 Å². The fourth-order valence-corrected chi connectivity index (χ4v) is 2.59. The lowest BCUT2D eigenvalue weighted by molar-refractivity contribution is 0.135. The van der Waals surface area contributed by atoms with Crippen LogP contribution in [0.2, 0.25) is 10.0 Å². The minimum atomic E-state index is 0.0293. The van der Waals surface area contributed by atoms with E-state index in [1.54, 1.807) is 0 Å². The maximum atomic E-state index is 11.7. The normalized spacial score (nSPS) is 16.2. The Labute approximate surface area is 129 Å². The van der Waals surface area contributed by atoms with Gasteiger partial charge >= 0.3 is 6.03 Å². The number of amides is 2. The fraction of sp³-hybridized carbons (Fsp3) is 0.500. The molecule has 1 aliphatic heterocycles. The molecular formula is C14H19Cl2N3O. The van der Waals surface area contributed by atoms with Gasteiger partial charge in [0.15, 0.2) is 0 Å². The van der Waals surface area contributed by atoms with Gasteiger partial charge in [0.25, 0.3) is 0 Å². The lowest BCUT2D eigenvalue weighted by Crippen LogP contribution is -2.51. The molecule has 0 bridgehead atoms. The lowest BCUT2D eigenvalue weighted by atomic mass is 10.2. The smallest absolute Gasteiger partial charge is 0.317 e. The van der Waals surface area contributed by atoms with E-state index in [1.807, 2.05) is 30.0 Å². The highest BCUT2D eigenvalue weighted by atomic mass is 35.5. The zero-order valence-corrected chi connectivity index (χ0v) is 13.0. The summed E-state index contributed by atoms with van der Waals surface area (Å²) >= 11 is 11.9. The number of piperazine rings is 1. The van der Waals surface area contributed by atoms with Crippen molar-refractivity contribution in [2.75, 3.05) is 32.7 Å². The highest BCUT2D eigenvalue weighted by Crippen LogP contribution is 2.23. The van der Waals surface area contributed by atoms with Crippen LogP contribution in [0.3, 0.4) is 0 Å². The molecule has 1 aromatic carbocycles. The summed E-state index contributed by atoms with van der Waals surface area (Å²) in [6.07, 6.45) is 0. The van der Waals surface area contributed by atoms with Gasteiger partial charge in [-0.1, -0.05) is 29.3 Å². The van der Waals surface area contributed by atoms with Crippen LogP contribution in [-0.4, -0.2) is 48.6 Å². The number of nitrogens with one attached hydrogen (secondary N) is 1. The number of rotatable bonds is 3. The average molecular weight is 316 g/mol. The van der Waals surface area contributed by atoms with Crippen LogP contribution in [0.5, 0.6) is 0 Å². The third-order valence-corrected chi connectivity index (χ3v) is 4.12. The van der Waals surface area contributed by atoms with E-state index in [4.69, 9.17) is 23.2 Å². The van der Waals surface area contributed by atoms with Crippen LogP contribution in [0.15, 0.2) is 18.2 Å². The Morgan fingerprint density at radius 3 is 2.50 bits per heavy atom. The second-order valence-electron chi connectivity index (χ2n) is 4.85. The Hall–Kier alpha value is -0.970. The molecule has 20 heavy (non-hydrogen) atoms. The van der Waals surface area contributed by atoms with E-state index in [0.717, 1.165) is 38.3 Å². The molecular weight excluding hydrogens is 297 g/mol. The summed E-state index contributed by atoms with van der Waals surface area (Å²) in [5.74, 6) is 0. The number of hydrogen-bond acceptors (Lipinski definition) is 2. The van der Waals surface area contributed by atoms with Gasteiger partial charge in [-0.15, -0.1) is 0 Å². The molecule has 1 aromatic rings. The molecule has 1 heterocycles. The van der Waals surface area contributed by atoms with Crippen molar-refractivity contribution in [3.05, 3.63) is 33.8 Å². The number of urea groups is 1. The Kier molecular flexibility index (Phi) is 5.52. The zero-order valence-electron chi connectivity index (χ0n) is 11.5. The lowest BCUT2D eigenvalue weighted by Gasteiger charge is -2.34. The summed E-state index contributed by atoms with van der Waals surface area (Å²) in [6, 6.07) is 5.75. The van der Waals surface area contributed by atoms with Gasteiger partial charge in [-0.05, 0) is 24.6 Å². The van der Waals surface area contributed by atoms with Crippen LogP contribution in [0.25, 0.3) is 0 Å².